The first-order valence-corrected chi connectivity index (χ1v) is 6.97. The van der Waals surface area contributed by atoms with Crippen LogP contribution < -0.4 is 5.32 Å². The Balaban J connectivity index is 2.27. The molecule has 1 N–H and O–H groups in total. The summed E-state index contributed by atoms with van der Waals surface area (Å²) >= 11 is 6.23. The summed E-state index contributed by atoms with van der Waals surface area (Å²) in [5.41, 5.74) is 1.95. The van der Waals surface area contributed by atoms with Gasteiger partial charge in [0.25, 0.3) is 5.91 Å². The number of rotatable bonds is 3. The summed E-state index contributed by atoms with van der Waals surface area (Å²) in [6.07, 6.45) is 2.19. The van der Waals surface area contributed by atoms with E-state index in [0.717, 1.165) is 18.4 Å². The van der Waals surface area contributed by atoms with Crippen LogP contribution in [0.4, 0.5) is 0 Å². The molecule has 1 aliphatic rings. The molecule has 110 valence electrons. The number of hydrogen-bond acceptors (Lipinski definition) is 4. The van der Waals surface area contributed by atoms with Gasteiger partial charge in [-0.05, 0) is 36.5 Å². The molecule has 0 spiro atoms. The van der Waals surface area contributed by atoms with Gasteiger partial charge < -0.3 is 10.1 Å². The zero-order valence-corrected chi connectivity index (χ0v) is 12.4. The molecule has 0 atom stereocenters. The first-order chi connectivity index (χ1) is 10.1. The highest BCUT2D eigenvalue weighted by molar-refractivity contribution is 6.36. The van der Waals surface area contributed by atoms with Gasteiger partial charge >= 0.3 is 5.97 Å². The van der Waals surface area contributed by atoms with Gasteiger partial charge in [0.15, 0.2) is 5.69 Å². The van der Waals surface area contributed by atoms with E-state index in [1.165, 1.54) is 11.6 Å². The van der Waals surface area contributed by atoms with Gasteiger partial charge in [-0.3, -0.25) is 4.79 Å². The lowest BCUT2D eigenvalue weighted by atomic mass is 10.1. The van der Waals surface area contributed by atoms with Gasteiger partial charge in [-0.25, -0.2) is 9.31 Å². The normalized spacial score (nSPS) is 14.2. The standard InChI is InChI=1S/C14H14ClN3O3/c1-16-13(19)10-6-8(7-3-4-7)5-9-11(15)12(14(20)21-2)17-18(9)10/h5-7H,3-4H2,1-2H3,(H,16,19). The van der Waals surface area contributed by atoms with Crippen LogP contribution in [0.2, 0.25) is 5.02 Å². The predicted molar refractivity (Wildman–Crippen MR) is 76.9 cm³/mol. The summed E-state index contributed by atoms with van der Waals surface area (Å²) in [7, 11) is 2.81. The molecule has 2 heterocycles. The van der Waals surface area contributed by atoms with E-state index in [1.54, 1.807) is 13.1 Å². The Hall–Kier alpha value is -2.08. The lowest BCUT2D eigenvalue weighted by Gasteiger charge is -2.07. The van der Waals surface area contributed by atoms with Crippen LogP contribution in [0.25, 0.3) is 5.52 Å². The van der Waals surface area contributed by atoms with Crippen molar-refractivity contribution in [3.8, 4) is 0 Å². The van der Waals surface area contributed by atoms with Gasteiger partial charge in [-0.1, -0.05) is 11.6 Å². The van der Waals surface area contributed by atoms with E-state index in [9.17, 15) is 9.59 Å². The van der Waals surface area contributed by atoms with Crippen LogP contribution >= 0.6 is 11.6 Å². The van der Waals surface area contributed by atoms with Crippen molar-refractivity contribution in [1.29, 1.82) is 0 Å². The second-order valence-electron chi connectivity index (χ2n) is 4.98. The van der Waals surface area contributed by atoms with Gasteiger partial charge in [-0.15, -0.1) is 0 Å². The molecule has 0 bridgehead atoms. The Kier molecular flexibility index (Phi) is 3.33. The van der Waals surface area contributed by atoms with Crippen molar-refractivity contribution in [3.05, 3.63) is 34.1 Å². The second kappa shape index (κ2) is 5.04. The van der Waals surface area contributed by atoms with E-state index in [0.29, 0.717) is 17.1 Å². The topological polar surface area (TPSA) is 72.7 Å². The van der Waals surface area contributed by atoms with Crippen molar-refractivity contribution in [1.82, 2.24) is 14.9 Å². The van der Waals surface area contributed by atoms with Crippen LogP contribution in [-0.2, 0) is 4.74 Å². The molecular weight excluding hydrogens is 294 g/mol. The highest BCUT2D eigenvalue weighted by Gasteiger charge is 2.28. The van der Waals surface area contributed by atoms with Crippen LogP contribution in [0.15, 0.2) is 12.1 Å². The van der Waals surface area contributed by atoms with Crippen LogP contribution in [-0.4, -0.2) is 35.6 Å². The van der Waals surface area contributed by atoms with E-state index in [1.807, 2.05) is 6.07 Å². The third kappa shape index (κ3) is 2.25. The fourth-order valence-electron chi connectivity index (χ4n) is 2.31. The lowest BCUT2D eigenvalue weighted by molar-refractivity contribution is 0.0593. The summed E-state index contributed by atoms with van der Waals surface area (Å²) in [6, 6.07) is 3.68. The molecule has 1 aliphatic carbocycles. The average molecular weight is 308 g/mol. The maximum Gasteiger partial charge on any atom is 0.360 e. The van der Waals surface area contributed by atoms with Crippen molar-refractivity contribution in [2.75, 3.05) is 14.2 Å². The zero-order chi connectivity index (χ0) is 15.1. The summed E-state index contributed by atoms with van der Waals surface area (Å²) in [5.74, 6) is -0.455. The van der Waals surface area contributed by atoms with Gasteiger partial charge in [0.2, 0.25) is 0 Å². The first-order valence-electron chi connectivity index (χ1n) is 6.59. The molecule has 0 saturated heterocycles. The van der Waals surface area contributed by atoms with Crippen molar-refractivity contribution in [3.63, 3.8) is 0 Å². The van der Waals surface area contributed by atoms with Crippen LogP contribution in [0.3, 0.4) is 0 Å². The van der Waals surface area contributed by atoms with Gasteiger partial charge in [0.05, 0.1) is 12.6 Å². The summed E-state index contributed by atoms with van der Waals surface area (Å²) in [4.78, 5) is 23.8. The molecule has 6 nitrogen and oxygen atoms in total. The lowest BCUT2D eigenvalue weighted by Crippen LogP contribution is -2.21. The minimum atomic E-state index is -0.625. The minimum absolute atomic E-state index is 0.0114. The van der Waals surface area contributed by atoms with E-state index >= 15 is 0 Å². The first kappa shape index (κ1) is 13.9. The number of halogens is 1. The number of esters is 1. The Morgan fingerprint density at radius 2 is 2.14 bits per heavy atom. The summed E-state index contributed by atoms with van der Waals surface area (Å²) < 4.78 is 6.05. The van der Waals surface area contributed by atoms with Gasteiger partial charge in [-0.2, -0.15) is 5.10 Å². The maximum atomic E-state index is 12.1. The number of nitrogens with zero attached hydrogens (tertiary/aromatic N) is 2. The largest absolute Gasteiger partial charge is 0.464 e. The number of fused-ring (bicyclic) bond motifs is 1. The Labute approximate surface area is 126 Å². The number of carbonyl (C=O) groups is 2. The maximum absolute atomic E-state index is 12.1. The third-order valence-electron chi connectivity index (χ3n) is 3.58. The zero-order valence-electron chi connectivity index (χ0n) is 11.6. The van der Waals surface area contributed by atoms with E-state index < -0.39 is 5.97 Å². The van der Waals surface area contributed by atoms with Crippen molar-refractivity contribution < 1.29 is 14.3 Å². The summed E-state index contributed by atoms with van der Waals surface area (Å²) in [5, 5.41) is 6.90. The van der Waals surface area contributed by atoms with Gasteiger partial charge in [0, 0.05) is 7.05 Å². The quantitative estimate of drug-likeness (QED) is 0.880. The Morgan fingerprint density at radius 3 is 2.71 bits per heavy atom. The van der Waals surface area contributed by atoms with Crippen LogP contribution in [0.1, 0.15) is 45.3 Å². The molecule has 2 aromatic rings. The molecule has 0 aromatic carbocycles. The number of hydrogen-bond donors (Lipinski definition) is 1. The molecule has 0 unspecified atom stereocenters. The van der Waals surface area contributed by atoms with Gasteiger partial charge in [0.1, 0.15) is 10.7 Å². The highest BCUT2D eigenvalue weighted by Crippen LogP contribution is 2.41. The Bertz CT molecular complexity index is 749. The number of nitrogens with one attached hydrogen (secondary N) is 1. The fraction of sp³-hybridized carbons (Fsp3) is 0.357. The summed E-state index contributed by atoms with van der Waals surface area (Å²) in [6.45, 7) is 0. The van der Waals surface area contributed by atoms with Crippen molar-refractivity contribution in [2.24, 2.45) is 0 Å². The molecule has 7 heteroatoms. The number of aromatic nitrogens is 2. The Morgan fingerprint density at radius 1 is 1.43 bits per heavy atom. The van der Waals surface area contributed by atoms with Crippen molar-refractivity contribution in [2.45, 2.75) is 18.8 Å². The number of ether oxygens (including phenoxy) is 1. The van der Waals surface area contributed by atoms with Crippen LogP contribution in [0.5, 0.6) is 0 Å². The number of pyridine rings is 1. The number of carbonyl (C=O) groups excluding carboxylic acids is 2. The smallest absolute Gasteiger partial charge is 0.360 e. The molecule has 1 fully saturated rings. The SMILES string of the molecule is CNC(=O)c1cc(C2CC2)cc2c(Cl)c(C(=O)OC)nn12. The predicted octanol–water partition coefficient (Wildman–Crippen LogP) is 2.01. The molecule has 0 radical (unpaired) electrons. The molecule has 2 aromatic heterocycles. The minimum Gasteiger partial charge on any atom is -0.464 e. The molecule has 0 aliphatic heterocycles. The average Bonchev–Trinajstić information content (AvgIpc) is 3.30. The number of methoxy groups -OCH3 is 1. The third-order valence-corrected chi connectivity index (χ3v) is 3.96. The second-order valence-corrected chi connectivity index (χ2v) is 5.36. The molecule has 21 heavy (non-hydrogen) atoms. The van der Waals surface area contributed by atoms with Crippen LogP contribution in [0, 0.1) is 0 Å². The molecule has 1 saturated carbocycles. The molecular formula is C14H14ClN3O3. The monoisotopic (exact) mass is 307 g/mol. The van der Waals surface area contributed by atoms with Crippen molar-refractivity contribution >= 4 is 29.0 Å². The fourth-order valence-corrected chi connectivity index (χ4v) is 2.56. The van der Waals surface area contributed by atoms with E-state index in [2.05, 4.69) is 15.2 Å². The van der Waals surface area contributed by atoms with E-state index in [-0.39, 0.29) is 16.6 Å². The molecule has 3 rings (SSSR count). The highest BCUT2D eigenvalue weighted by atomic mass is 35.5. The number of amides is 1. The molecule has 1 amide bonds. The van der Waals surface area contributed by atoms with E-state index in [4.69, 9.17) is 11.6 Å².